The smallest absolute Gasteiger partial charge is 0.231 e. The Hall–Kier alpha value is -2.27. The van der Waals surface area contributed by atoms with Gasteiger partial charge in [0.2, 0.25) is 6.75 Å². The van der Waals surface area contributed by atoms with Gasteiger partial charge in [0, 0.05) is 25.3 Å². The quantitative estimate of drug-likeness (QED) is 0.928. The number of benzene rings is 2. The molecule has 2 atom stereocenters. The van der Waals surface area contributed by atoms with Gasteiger partial charge in [-0.15, -0.1) is 0 Å². The Morgan fingerprint density at radius 2 is 2.08 bits per heavy atom. The van der Waals surface area contributed by atoms with Gasteiger partial charge in [0.05, 0.1) is 9.30 Å². The van der Waals surface area contributed by atoms with Crippen molar-refractivity contribution in [1.82, 2.24) is 5.32 Å². The maximum atomic E-state index is 13.5. The number of fused-ring (bicyclic) bond motifs is 1. The van der Waals surface area contributed by atoms with Crippen LogP contribution in [0.1, 0.15) is 30.2 Å². The van der Waals surface area contributed by atoms with E-state index in [4.69, 9.17) is 26.5 Å². The minimum atomic E-state index is -3.14. The molecule has 0 saturated carbocycles. The molecule has 1 N–H and O–H groups in total. The van der Waals surface area contributed by atoms with Crippen molar-refractivity contribution in [3.8, 4) is 17.2 Å². The van der Waals surface area contributed by atoms with E-state index in [1.165, 1.54) is 24.3 Å². The van der Waals surface area contributed by atoms with Crippen LogP contribution in [-0.4, -0.2) is 26.3 Å². The molecule has 0 radical (unpaired) electrons. The molecule has 2 aliphatic rings. The van der Waals surface area contributed by atoms with E-state index in [2.05, 4.69) is 5.32 Å². The lowest BCUT2D eigenvalue weighted by molar-refractivity contribution is 0.173. The molecule has 2 aromatic rings. The molecule has 2 aromatic carbocycles. The Balaban J connectivity index is 1.77. The summed E-state index contributed by atoms with van der Waals surface area (Å²) in [6.45, 7) is -8.85. The second-order valence-corrected chi connectivity index (χ2v) is 5.18. The van der Waals surface area contributed by atoms with Gasteiger partial charge in [-0.05, 0) is 48.7 Å². The van der Waals surface area contributed by atoms with Crippen molar-refractivity contribution < 1.29 is 30.9 Å². The molecule has 126 valence electrons. The molecule has 4 nitrogen and oxygen atoms in total. The highest BCUT2D eigenvalue weighted by Gasteiger charge is 2.27. The van der Waals surface area contributed by atoms with Crippen molar-refractivity contribution in [2.45, 2.75) is 12.3 Å². The molecule has 0 amide bonds. The third-order valence-electron chi connectivity index (χ3n) is 3.61. The van der Waals surface area contributed by atoms with Gasteiger partial charge in [-0.1, -0.05) is 12.1 Å². The van der Waals surface area contributed by atoms with Gasteiger partial charge in [-0.2, -0.15) is 0 Å². The third-order valence-corrected chi connectivity index (χ3v) is 3.61. The highest BCUT2D eigenvalue weighted by Crippen LogP contribution is 2.36. The maximum absolute atomic E-state index is 13.5. The lowest BCUT2D eigenvalue weighted by Crippen LogP contribution is -2.38. The molecular formula is C19H20FNO3. The fraction of sp³-hybridized carbons (Fsp3) is 0.368. The Bertz CT molecular complexity index is 1070. The summed E-state index contributed by atoms with van der Waals surface area (Å²) in [5, 5.41) is 2.28. The highest BCUT2D eigenvalue weighted by atomic mass is 19.1. The van der Waals surface area contributed by atoms with Gasteiger partial charge >= 0.3 is 0 Å². The topological polar surface area (TPSA) is 39.7 Å². The largest absolute Gasteiger partial charge is 0.493 e. The average Bonchev–Trinajstić information content (AvgIpc) is 2.99. The molecule has 1 fully saturated rings. The van der Waals surface area contributed by atoms with Crippen molar-refractivity contribution in [2.75, 3.05) is 26.3 Å². The van der Waals surface area contributed by atoms with Crippen LogP contribution in [0, 0.1) is 11.7 Å². The first-order valence-electron chi connectivity index (χ1n) is 11.8. The van der Waals surface area contributed by atoms with Gasteiger partial charge in [0.25, 0.3) is 0 Å². The lowest BCUT2D eigenvalue weighted by atomic mass is 9.81. The molecule has 1 saturated heterocycles. The van der Waals surface area contributed by atoms with E-state index >= 15 is 0 Å². The fourth-order valence-electron chi connectivity index (χ4n) is 2.43. The normalized spacial score (nSPS) is 37.9. The van der Waals surface area contributed by atoms with Crippen LogP contribution < -0.4 is 19.5 Å². The van der Waals surface area contributed by atoms with Crippen molar-refractivity contribution in [3.63, 3.8) is 0 Å². The standard InChI is InChI=1S/C19H20FNO3/c20-15-3-1-13(2-4-15)17-7-8-21-10-14(17)11-22-16-5-6-18-19(9-16)24-12-23-18/h1-6,9,14,17,21H,7-8,10-12H2/t14?,17-/m0/s1/i7D2,10D2,11D2,12D2,14D. The summed E-state index contributed by atoms with van der Waals surface area (Å²) in [5.74, 6) is -5.46. The van der Waals surface area contributed by atoms with Crippen LogP contribution in [0.25, 0.3) is 0 Å². The number of nitrogens with one attached hydrogen (secondary N) is 1. The van der Waals surface area contributed by atoms with Crippen molar-refractivity contribution >= 4 is 0 Å². The Morgan fingerprint density at radius 1 is 1.25 bits per heavy atom. The van der Waals surface area contributed by atoms with Gasteiger partial charge in [0.15, 0.2) is 11.5 Å². The summed E-state index contributed by atoms with van der Waals surface area (Å²) in [7, 11) is 0. The van der Waals surface area contributed by atoms with E-state index < -0.39 is 50.3 Å². The number of hydrogen-bond donors (Lipinski definition) is 1. The predicted molar refractivity (Wildman–Crippen MR) is 88.2 cm³/mol. The zero-order valence-corrected chi connectivity index (χ0v) is 12.4. The molecule has 0 aromatic heterocycles. The Labute approximate surface area is 153 Å². The molecule has 0 spiro atoms. The summed E-state index contributed by atoms with van der Waals surface area (Å²) in [6.07, 6.45) is -2.30. The zero-order valence-electron chi connectivity index (χ0n) is 21.4. The second-order valence-electron chi connectivity index (χ2n) is 5.18. The molecule has 0 aliphatic carbocycles. The molecule has 5 heteroatoms. The summed E-state index contributed by atoms with van der Waals surface area (Å²) in [5.41, 5.74) is 0.0353. The van der Waals surface area contributed by atoms with Gasteiger partial charge in [-0.25, -0.2) is 4.39 Å². The molecular weight excluding hydrogens is 309 g/mol. The van der Waals surface area contributed by atoms with Gasteiger partial charge in [0.1, 0.15) is 14.3 Å². The van der Waals surface area contributed by atoms with Crippen molar-refractivity contribution in [1.29, 1.82) is 0 Å². The van der Waals surface area contributed by atoms with Crippen molar-refractivity contribution in [3.05, 3.63) is 53.8 Å². The summed E-state index contributed by atoms with van der Waals surface area (Å²) >= 11 is 0. The average molecular weight is 338 g/mol. The Kier molecular flexibility index (Phi) is 2.29. The monoisotopic (exact) mass is 338 g/mol. The third kappa shape index (κ3) is 3.17. The summed E-state index contributed by atoms with van der Waals surface area (Å²) in [4.78, 5) is 0. The molecule has 0 bridgehead atoms. The second kappa shape index (κ2) is 6.69. The van der Waals surface area contributed by atoms with E-state index in [0.717, 1.165) is 18.2 Å². The van der Waals surface area contributed by atoms with E-state index in [9.17, 15) is 4.39 Å². The first-order chi connectivity index (χ1) is 15.1. The predicted octanol–water partition coefficient (Wildman–Crippen LogP) is 3.33. The Morgan fingerprint density at radius 3 is 2.96 bits per heavy atom. The first-order valence-corrected chi connectivity index (χ1v) is 7.30. The van der Waals surface area contributed by atoms with Crippen LogP contribution in [0.2, 0.25) is 0 Å². The number of rotatable bonds is 4. The van der Waals surface area contributed by atoms with E-state index in [1.807, 2.05) is 0 Å². The van der Waals surface area contributed by atoms with E-state index in [0.29, 0.717) is 0 Å². The summed E-state index contributed by atoms with van der Waals surface area (Å²) in [6, 6.07) is 8.10. The maximum Gasteiger partial charge on any atom is 0.231 e. The van der Waals surface area contributed by atoms with Crippen LogP contribution in [0.5, 0.6) is 17.2 Å². The van der Waals surface area contributed by atoms with Crippen LogP contribution in [0.15, 0.2) is 42.5 Å². The van der Waals surface area contributed by atoms with Crippen LogP contribution in [-0.2, 0) is 0 Å². The SMILES string of the molecule is [2H]C1([2H])Oc2ccc(OC([2H])([2H])C3([2H])[C@H](c4ccc(F)cc4)C([2H])([2H])CNC3([2H])[2H])cc2O1. The first kappa shape index (κ1) is 8.21. The van der Waals surface area contributed by atoms with E-state index in [-0.39, 0.29) is 22.8 Å². The van der Waals surface area contributed by atoms with Crippen LogP contribution in [0.3, 0.4) is 0 Å². The van der Waals surface area contributed by atoms with Gasteiger partial charge < -0.3 is 19.5 Å². The van der Waals surface area contributed by atoms with Crippen LogP contribution >= 0.6 is 0 Å². The lowest BCUT2D eigenvalue weighted by Gasteiger charge is -2.32. The fourth-order valence-corrected chi connectivity index (χ4v) is 2.43. The number of hydrogen-bond acceptors (Lipinski definition) is 4. The molecule has 2 aliphatic heterocycles. The van der Waals surface area contributed by atoms with Gasteiger partial charge in [-0.3, -0.25) is 0 Å². The van der Waals surface area contributed by atoms with E-state index in [1.54, 1.807) is 0 Å². The number of ether oxygens (including phenoxy) is 3. The molecule has 4 rings (SSSR count). The number of halogens is 1. The zero-order chi connectivity index (χ0) is 24.4. The minimum Gasteiger partial charge on any atom is -0.493 e. The number of piperidine rings is 1. The minimum absolute atomic E-state index is 0.0353. The van der Waals surface area contributed by atoms with Crippen LogP contribution in [0.4, 0.5) is 4.39 Å². The highest BCUT2D eigenvalue weighted by molar-refractivity contribution is 5.46. The van der Waals surface area contributed by atoms with Crippen molar-refractivity contribution in [2.24, 2.45) is 5.89 Å². The molecule has 24 heavy (non-hydrogen) atoms. The molecule has 2 heterocycles. The molecule has 1 unspecified atom stereocenters. The summed E-state index contributed by atoms with van der Waals surface area (Å²) < 4.78 is 104.